The molecule has 2 N–H and O–H groups in total. The first-order valence-electron chi connectivity index (χ1n) is 9.13. The SMILES string of the molecule is COc1cc(C)c(C(=O)NC2CNCCC2c2ccc(F)c(F)c2)cc1OC. The first-order chi connectivity index (χ1) is 13.4. The number of aryl methyl sites for hydroxylation is 1. The maximum atomic E-state index is 13.7. The second kappa shape index (κ2) is 8.56. The zero-order chi connectivity index (χ0) is 20.3. The topological polar surface area (TPSA) is 59.6 Å². The monoisotopic (exact) mass is 390 g/mol. The fourth-order valence-corrected chi connectivity index (χ4v) is 3.62. The van der Waals surface area contributed by atoms with Gasteiger partial charge in [0.25, 0.3) is 5.91 Å². The average Bonchev–Trinajstić information content (AvgIpc) is 2.70. The molecule has 2 atom stereocenters. The van der Waals surface area contributed by atoms with Crippen molar-refractivity contribution in [3.8, 4) is 11.5 Å². The van der Waals surface area contributed by atoms with Gasteiger partial charge < -0.3 is 20.1 Å². The second-order valence-corrected chi connectivity index (χ2v) is 6.87. The molecule has 0 bridgehead atoms. The molecule has 0 saturated carbocycles. The van der Waals surface area contributed by atoms with Crippen LogP contribution in [0.3, 0.4) is 0 Å². The van der Waals surface area contributed by atoms with Crippen LogP contribution in [-0.4, -0.2) is 39.3 Å². The first kappa shape index (κ1) is 20.1. The van der Waals surface area contributed by atoms with E-state index in [9.17, 15) is 13.6 Å². The molecule has 150 valence electrons. The molecular formula is C21H24F2N2O3. The van der Waals surface area contributed by atoms with E-state index in [-0.39, 0.29) is 17.9 Å². The fourth-order valence-electron chi connectivity index (χ4n) is 3.62. The molecule has 1 fully saturated rings. The minimum Gasteiger partial charge on any atom is -0.493 e. The minimum absolute atomic E-state index is 0.110. The number of ether oxygens (including phenoxy) is 2. The van der Waals surface area contributed by atoms with Crippen molar-refractivity contribution >= 4 is 5.91 Å². The molecule has 28 heavy (non-hydrogen) atoms. The number of carbonyl (C=O) groups is 1. The Morgan fingerprint density at radius 3 is 2.50 bits per heavy atom. The zero-order valence-corrected chi connectivity index (χ0v) is 16.1. The number of halogens is 2. The molecule has 1 aliphatic rings. The molecule has 1 saturated heterocycles. The van der Waals surface area contributed by atoms with Crippen molar-refractivity contribution in [1.82, 2.24) is 10.6 Å². The average molecular weight is 390 g/mol. The Balaban J connectivity index is 1.84. The summed E-state index contributed by atoms with van der Waals surface area (Å²) in [6, 6.07) is 7.07. The summed E-state index contributed by atoms with van der Waals surface area (Å²) in [6.07, 6.45) is 0.709. The Morgan fingerprint density at radius 1 is 1.11 bits per heavy atom. The van der Waals surface area contributed by atoms with Gasteiger partial charge in [0.1, 0.15) is 0 Å². The third-order valence-corrected chi connectivity index (χ3v) is 5.15. The normalized spacial score (nSPS) is 19.2. The van der Waals surface area contributed by atoms with Crippen molar-refractivity contribution in [1.29, 1.82) is 0 Å². The van der Waals surface area contributed by atoms with Crippen molar-refractivity contribution in [2.45, 2.75) is 25.3 Å². The molecule has 0 radical (unpaired) electrons. The number of hydrogen-bond donors (Lipinski definition) is 2. The number of hydrogen-bond acceptors (Lipinski definition) is 4. The summed E-state index contributed by atoms with van der Waals surface area (Å²) >= 11 is 0. The molecule has 7 heteroatoms. The van der Waals surface area contributed by atoms with E-state index in [1.165, 1.54) is 20.3 Å². The number of amides is 1. The lowest BCUT2D eigenvalue weighted by Crippen LogP contribution is -2.50. The largest absolute Gasteiger partial charge is 0.493 e. The summed E-state index contributed by atoms with van der Waals surface area (Å²) in [4.78, 5) is 12.9. The molecule has 3 rings (SSSR count). The highest BCUT2D eigenvalue weighted by atomic mass is 19.2. The summed E-state index contributed by atoms with van der Waals surface area (Å²) in [5, 5.41) is 6.28. The van der Waals surface area contributed by atoms with Crippen molar-refractivity contribution < 1.29 is 23.0 Å². The molecule has 2 aromatic carbocycles. The number of piperidine rings is 1. The Bertz CT molecular complexity index is 873. The van der Waals surface area contributed by atoms with Crippen molar-refractivity contribution in [3.05, 3.63) is 58.7 Å². The summed E-state index contributed by atoms with van der Waals surface area (Å²) in [5.41, 5.74) is 1.91. The predicted molar refractivity (Wildman–Crippen MR) is 102 cm³/mol. The van der Waals surface area contributed by atoms with Gasteiger partial charge in [0.2, 0.25) is 0 Å². The summed E-state index contributed by atoms with van der Waals surface area (Å²) < 4.78 is 37.5. The molecule has 1 heterocycles. The van der Waals surface area contributed by atoms with E-state index in [2.05, 4.69) is 10.6 Å². The Kier molecular flexibility index (Phi) is 6.14. The van der Waals surface area contributed by atoms with E-state index in [1.807, 2.05) is 6.92 Å². The van der Waals surface area contributed by atoms with Gasteiger partial charge in [-0.25, -0.2) is 8.78 Å². The molecular weight excluding hydrogens is 366 g/mol. The lowest BCUT2D eigenvalue weighted by atomic mass is 9.85. The van der Waals surface area contributed by atoms with Crippen molar-refractivity contribution in [2.75, 3.05) is 27.3 Å². The second-order valence-electron chi connectivity index (χ2n) is 6.87. The molecule has 2 unspecified atom stereocenters. The van der Waals surface area contributed by atoms with E-state index >= 15 is 0 Å². The Labute approximate surface area is 163 Å². The zero-order valence-electron chi connectivity index (χ0n) is 16.1. The Hall–Kier alpha value is -2.67. The van der Waals surface area contributed by atoms with Crippen LogP contribution < -0.4 is 20.1 Å². The van der Waals surface area contributed by atoms with Gasteiger partial charge in [0, 0.05) is 24.1 Å². The highest BCUT2D eigenvalue weighted by Crippen LogP contribution is 2.31. The smallest absolute Gasteiger partial charge is 0.251 e. The predicted octanol–water partition coefficient (Wildman–Crippen LogP) is 3.17. The van der Waals surface area contributed by atoms with Gasteiger partial charge in [0.05, 0.1) is 14.2 Å². The molecule has 0 spiro atoms. The van der Waals surface area contributed by atoms with Crippen molar-refractivity contribution in [3.63, 3.8) is 0 Å². The fraction of sp³-hybridized carbons (Fsp3) is 0.381. The van der Waals surface area contributed by atoms with Crippen LogP contribution in [0.25, 0.3) is 0 Å². The van der Waals surface area contributed by atoms with Crippen LogP contribution in [0, 0.1) is 18.6 Å². The number of nitrogens with one attached hydrogen (secondary N) is 2. The van der Waals surface area contributed by atoms with E-state index in [4.69, 9.17) is 9.47 Å². The maximum absolute atomic E-state index is 13.7. The highest BCUT2D eigenvalue weighted by Gasteiger charge is 2.29. The number of carbonyl (C=O) groups excluding carboxylic acids is 1. The van der Waals surface area contributed by atoms with Gasteiger partial charge in [-0.2, -0.15) is 0 Å². The number of benzene rings is 2. The first-order valence-corrected chi connectivity index (χ1v) is 9.13. The lowest BCUT2D eigenvalue weighted by Gasteiger charge is -2.33. The van der Waals surface area contributed by atoms with Crippen LogP contribution in [0.5, 0.6) is 11.5 Å². The van der Waals surface area contributed by atoms with Gasteiger partial charge in [0.15, 0.2) is 23.1 Å². The molecule has 1 amide bonds. The molecule has 1 aliphatic heterocycles. The quantitative estimate of drug-likeness (QED) is 0.823. The third kappa shape index (κ3) is 4.09. The highest BCUT2D eigenvalue weighted by molar-refractivity contribution is 5.96. The van der Waals surface area contributed by atoms with Crippen LogP contribution in [0.15, 0.2) is 30.3 Å². The van der Waals surface area contributed by atoms with Crippen LogP contribution in [-0.2, 0) is 0 Å². The maximum Gasteiger partial charge on any atom is 0.251 e. The van der Waals surface area contributed by atoms with Crippen LogP contribution >= 0.6 is 0 Å². The van der Waals surface area contributed by atoms with Gasteiger partial charge in [-0.05, 0) is 55.3 Å². The third-order valence-electron chi connectivity index (χ3n) is 5.15. The van der Waals surface area contributed by atoms with Gasteiger partial charge in [-0.3, -0.25) is 4.79 Å². The van der Waals surface area contributed by atoms with E-state index in [0.717, 1.165) is 18.2 Å². The molecule has 0 aliphatic carbocycles. The standard InChI is InChI=1S/C21H24F2N2O3/c1-12-8-19(27-2)20(28-3)10-15(12)21(26)25-18-11-24-7-6-14(18)13-4-5-16(22)17(23)9-13/h4-5,8-10,14,18,24H,6-7,11H2,1-3H3,(H,25,26). The lowest BCUT2D eigenvalue weighted by molar-refractivity contribution is 0.0923. The van der Waals surface area contributed by atoms with Crippen molar-refractivity contribution in [2.24, 2.45) is 0 Å². The van der Waals surface area contributed by atoms with E-state index in [0.29, 0.717) is 35.6 Å². The summed E-state index contributed by atoms with van der Waals surface area (Å²) in [5.74, 6) is -1.09. The summed E-state index contributed by atoms with van der Waals surface area (Å²) in [6.45, 7) is 3.11. The van der Waals surface area contributed by atoms with Crippen LogP contribution in [0.4, 0.5) is 8.78 Å². The van der Waals surface area contributed by atoms with Crippen LogP contribution in [0.1, 0.15) is 33.8 Å². The minimum atomic E-state index is -0.878. The Morgan fingerprint density at radius 2 is 1.82 bits per heavy atom. The summed E-state index contributed by atoms with van der Waals surface area (Å²) in [7, 11) is 3.05. The van der Waals surface area contributed by atoms with E-state index < -0.39 is 11.6 Å². The van der Waals surface area contributed by atoms with Gasteiger partial charge >= 0.3 is 0 Å². The molecule has 0 aromatic heterocycles. The molecule has 5 nitrogen and oxygen atoms in total. The van der Waals surface area contributed by atoms with E-state index in [1.54, 1.807) is 18.2 Å². The van der Waals surface area contributed by atoms with Gasteiger partial charge in [-0.15, -0.1) is 0 Å². The van der Waals surface area contributed by atoms with Gasteiger partial charge in [-0.1, -0.05) is 6.07 Å². The number of methoxy groups -OCH3 is 2. The van der Waals surface area contributed by atoms with Crippen LogP contribution in [0.2, 0.25) is 0 Å². The molecule has 2 aromatic rings. The number of rotatable bonds is 5.